The third-order valence-electron chi connectivity index (χ3n) is 3.59. The molecule has 2 aromatic carbocycles. The van der Waals surface area contributed by atoms with Gasteiger partial charge in [0.25, 0.3) is 0 Å². The second-order valence-electron chi connectivity index (χ2n) is 5.06. The Labute approximate surface area is 122 Å². The van der Waals surface area contributed by atoms with Gasteiger partial charge in [0.2, 0.25) is 0 Å². The van der Waals surface area contributed by atoms with Crippen LogP contribution in [0.5, 0.6) is 11.5 Å². The Bertz CT molecular complexity index is 746. The molecule has 1 aliphatic carbocycles. The van der Waals surface area contributed by atoms with Gasteiger partial charge in [-0.05, 0) is 30.0 Å². The zero-order chi connectivity index (χ0) is 15.0. The number of rotatable bonds is 1. The molecule has 4 nitrogen and oxygen atoms in total. The maximum Gasteiger partial charge on any atom is 0.308 e. The number of fused-ring (bicyclic) bond motifs is 2. The zero-order valence-electron chi connectivity index (χ0n) is 11.6. The van der Waals surface area contributed by atoms with E-state index in [1.165, 1.54) is 13.0 Å². The van der Waals surface area contributed by atoms with E-state index in [0.29, 0.717) is 29.5 Å². The van der Waals surface area contributed by atoms with Crippen molar-refractivity contribution in [2.45, 2.75) is 19.8 Å². The summed E-state index contributed by atoms with van der Waals surface area (Å²) in [6, 6.07) is 10.4. The number of carbonyl (C=O) groups is 2. The minimum atomic E-state index is -0.461. The Balaban J connectivity index is 2.13. The van der Waals surface area contributed by atoms with Crippen LogP contribution in [0.15, 0.2) is 36.4 Å². The first-order chi connectivity index (χ1) is 10.1. The summed E-state index contributed by atoms with van der Waals surface area (Å²) in [5.41, 5.74) is 2.59. The van der Waals surface area contributed by atoms with E-state index in [4.69, 9.17) is 4.74 Å². The molecule has 0 fully saturated rings. The topological polar surface area (TPSA) is 63.6 Å². The number of hydrogen-bond acceptors (Lipinski definition) is 4. The smallest absolute Gasteiger partial charge is 0.308 e. The quantitative estimate of drug-likeness (QED) is 0.645. The number of aromatic hydroxyl groups is 1. The second kappa shape index (κ2) is 5.05. The highest BCUT2D eigenvalue weighted by molar-refractivity contribution is 6.13. The van der Waals surface area contributed by atoms with Gasteiger partial charge in [-0.3, -0.25) is 9.59 Å². The SMILES string of the molecule is CC(=O)Oc1cc(O)c2c(c1)CCc1ccccc1C2=O. The van der Waals surface area contributed by atoms with Gasteiger partial charge in [0.1, 0.15) is 11.5 Å². The molecule has 0 aromatic heterocycles. The fourth-order valence-corrected chi connectivity index (χ4v) is 2.71. The largest absolute Gasteiger partial charge is 0.507 e. The van der Waals surface area contributed by atoms with Crippen LogP contribution in [0.3, 0.4) is 0 Å². The van der Waals surface area contributed by atoms with Gasteiger partial charge in [-0.25, -0.2) is 0 Å². The van der Waals surface area contributed by atoms with Crippen LogP contribution >= 0.6 is 0 Å². The molecule has 21 heavy (non-hydrogen) atoms. The third-order valence-corrected chi connectivity index (χ3v) is 3.59. The van der Waals surface area contributed by atoms with E-state index >= 15 is 0 Å². The second-order valence-corrected chi connectivity index (χ2v) is 5.06. The number of carbonyl (C=O) groups excluding carboxylic acids is 2. The summed E-state index contributed by atoms with van der Waals surface area (Å²) >= 11 is 0. The Morgan fingerprint density at radius 2 is 1.86 bits per heavy atom. The fraction of sp³-hybridized carbons (Fsp3) is 0.176. The summed E-state index contributed by atoms with van der Waals surface area (Å²) < 4.78 is 5.00. The minimum absolute atomic E-state index is 0.148. The minimum Gasteiger partial charge on any atom is -0.507 e. The van der Waals surface area contributed by atoms with Crippen LogP contribution in [0.4, 0.5) is 0 Å². The van der Waals surface area contributed by atoms with Gasteiger partial charge < -0.3 is 9.84 Å². The third kappa shape index (κ3) is 2.40. The van der Waals surface area contributed by atoms with Gasteiger partial charge in [0.15, 0.2) is 5.78 Å². The molecule has 0 amide bonds. The molecular weight excluding hydrogens is 268 g/mol. The summed E-state index contributed by atoms with van der Waals surface area (Å²) in [6.45, 7) is 1.30. The van der Waals surface area contributed by atoms with Gasteiger partial charge in [-0.1, -0.05) is 24.3 Å². The van der Waals surface area contributed by atoms with Gasteiger partial charge in [0, 0.05) is 18.6 Å². The van der Waals surface area contributed by atoms with E-state index in [-0.39, 0.29) is 17.3 Å². The van der Waals surface area contributed by atoms with E-state index in [2.05, 4.69) is 0 Å². The highest BCUT2D eigenvalue weighted by Gasteiger charge is 2.24. The molecule has 0 spiro atoms. The predicted octanol–water partition coefficient (Wildman–Crippen LogP) is 2.65. The first-order valence-corrected chi connectivity index (χ1v) is 6.73. The molecule has 0 radical (unpaired) electrons. The number of phenols is 1. The molecule has 2 aromatic rings. The van der Waals surface area contributed by atoms with Crippen molar-refractivity contribution < 1.29 is 19.4 Å². The van der Waals surface area contributed by atoms with Crippen molar-refractivity contribution in [1.29, 1.82) is 0 Å². The van der Waals surface area contributed by atoms with Gasteiger partial charge in [0.05, 0.1) is 5.56 Å². The normalized spacial score (nSPS) is 13.1. The molecule has 1 aliphatic rings. The summed E-state index contributed by atoms with van der Waals surface area (Å²) in [4.78, 5) is 23.6. The summed E-state index contributed by atoms with van der Waals surface area (Å²) in [5, 5.41) is 10.2. The van der Waals surface area contributed by atoms with Crippen LogP contribution in [0.25, 0.3) is 0 Å². The summed E-state index contributed by atoms with van der Waals surface area (Å²) in [5.74, 6) is -0.537. The van der Waals surface area contributed by atoms with E-state index < -0.39 is 5.97 Å². The van der Waals surface area contributed by atoms with Crippen molar-refractivity contribution >= 4 is 11.8 Å². The molecule has 1 N–H and O–H groups in total. The Morgan fingerprint density at radius 1 is 1.14 bits per heavy atom. The average Bonchev–Trinajstić information content (AvgIpc) is 2.57. The van der Waals surface area contributed by atoms with E-state index in [9.17, 15) is 14.7 Å². The maximum absolute atomic E-state index is 12.6. The summed E-state index contributed by atoms with van der Waals surface area (Å²) in [7, 11) is 0. The van der Waals surface area contributed by atoms with Crippen molar-refractivity contribution in [1.82, 2.24) is 0 Å². The number of benzene rings is 2. The molecule has 0 atom stereocenters. The number of ketones is 1. The Kier molecular flexibility index (Phi) is 3.22. The monoisotopic (exact) mass is 282 g/mol. The van der Waals surface area contributed by atoms with Gasteiger partial charge in [-0.15, -0.1) is 0 Å². The molecule has 3 rings (SSSR count). The van der Waals surface area contributed by atoms with E-state index in [1.54, 1.807) is 12.1 Å². The lowest BCUT2D eigenvalue weighted by molar-refractivity contribution is -0.131. The van der Waals surface area contributed by atoms with Gasteiger partial charge >= 0.3 is 5.97 Å². The van der Waals surface area contributed by atoms with Crippen LogP contribution in [0.2, 0.25) is 0 Å². The van der Waals surface area contributed by atoms with Crippen LogP contribution < -0.4 is 4.74 Å². The Morgan fingerprint density at radius 3 is 2.62 bits per heavy atom. The van der Waals surface area contributed by atoms with Crippen molar-refractivity contribution in [3.05, 3.63) is 58.7 Å². The molecule has 4 heteroatoms. The van der Waals surface area contributed by atoms with Crippen molar-refractivity contribution in [3.8, 4) is 11.5 Å². The highest BCUT2D eigenvalue weighted by atomic mass is 16.5. The summed E-state index contributed by atoms with van der Waals surface area (Å²) in [6.07, 6.45) is 1.32. The van der Waals surface area contributed by atoms with Crippen molar-refractivity contribution in [3.63, 3.8) is 0 Å². The lowest BCUT2D eigenvalue weighted by Gasteiger charge is -2.10. The first-order valence-electron chi connectivity index (χ1n) is 6.73. The van der Waals surface area contributed by atoms with Gasteiger partial charge in [-0.2, -0.15) is 0 Å². The number of esters is 1. The number of aryl methyl sites for hydroxylation is 2. The van der Waals surface area contributed by atoms with Crippen LogP contribution in [-0.2, 0) is 17.6 Å². The zero-order valence-corrected chi connectivity index (χ0v) is 11.6. The maximum atomic E-state index is 12.6. The number of phenolic OH excluding ortho intramolecular Hbond substituents is 1. The number of hydrogen-bond donors (Lipinski definition) is 1. The van der Waals surface area contributed by atoms with Crippen molar-refractivity contribution in [2.24, 2.45) is 0 Å². The first kappa shape index (κ1) is 13.4. The van der Waals surface area contributed by atoms with E-state index in [0.717, 1.165) is 5.56 Å². The highest BCUT2D eigenvalue weighted by Crippen LogP contribution is 2.34. The predicted molar refractivity (Wildman–Crippen MR) is 76.7 cm³/mol. The lowest BCUT2D eigenvalue weighted by Crippen LogP contribution is -2.06. The molecule has 0 heterocycles. The molecule has 106 valence electrons. The number of ether oxygens (including phenoxy) is 1. The van der Waals surface area contributed by atoms with Crippen LogP contribution in [0, 0.1) is 0 Å². The average molecular weight is 282 g/mol. The Hall–Kier alpha value is -2.62. The lowest BCUT2D eigenvalue weighted by atomic mass is 9.98. The molecule has 0 aliphatic heterocycles. The molecule has 0 bridgehead atoms. The molecule has 0 saturated heterocycles. The molecule has 0 unspecified atom stereocenters. The fourth-order valence-electron chi connectivity index (χ4n) is 2.71. The van der Waals surface area contributed by atoms with E-state index in [1.807, 2.05) is 18.2 Å². The van der Waals surface area contributed by atoms with Crippen LogP contribution in [0.1, 0.15) is 34.0 Å². The molecular formula is C17H14O4. The van der Waals surface area contributed by atoms with Crippen LogP contribution in [-0.4, -0.2) is 16.9 Å². The standard InChI is InChI=1S/C17H14O4/c1-10(18)21-13-8-12-7-6-11-4-2-3-5-14(11)17(20)16(12)15(19)9-13/h2-5,8-9,19H,6-7H2,1H3. The molecule has 0 saturated carbocycles. The van der Waals surface area contributed by atoms with Crippen molar-refractivity contribution in [2.75, 3.05) is 0 Å².